The lowest BCUT2D eigenvalue weighted by atomic mass is 9.73. The molecule has 0 amide bonds. The standard InChI is InChI=1S/C14H19NO3/c1-17-12-6-4-3-5-11(12)14(13(16)18-2)7-9-15-10-8-14/h3-6,15H,7-10H2,1-2H3. The Morgan fingerprint density at radius 2 is 1.89 bits per heavy atom. The van der Waals surface area contributed by atoms with Gasteiger partial charge < -0.3 is 14.8 Å². The van der Waals surface area contributed by atoms with Crippen molar-refractivity contribution < 1.29 is 14.3 Å². The Morgan fingerprint density at radius 1 is 1.22 bits per heavy atom. The zero-order valence-electron chi connectivity index (χ0n) is 10.9. The summed E-state index contributed by atoms with van der Waals surface area (Å²) in [6.45, 7) is 1.63. The van der Waals surface area contributed by atoms with E-state index < -0.39 is 5.41 Å². The van der Waals surface area contributed by atoms with Crippen LogP contribution in [0.5, 0.6) is 5.75 Å². The first-order valence-electron chi connectivity index (χ1n) is 6.17. The molecule has 1 saturated heterocycles. The normalized spacial score (nSPS) is 18.1. The van der Waals surface area contributed by atoms with Crippen molar-refractivity contribution in [2.75, 3.05) is 27.3 Å². The van der Waals surface area contributed by atoms with E-state index in [4.69, 9.17) is 9.47 Å². The lowest BCUT2D eigenvalue weighted by Crippen LogP contribution is -2.46. The highest BCUT2D eigenvalue weighted by atomic mass is 16.5. The number of carbonyl (C=O) groups is 1. The molecule has 1 aromatic rings. The van der Waals surface area contributed by atoms with E-state index in [1.807, 2.05) is 24.3 Å². The third kappa shape index (κ3) is 2.08. The highest BCUT2D eigenvalue weighted by molar-refractivity contribution is 5.84. The van der Waals surface area contributed by atoms with Crippen LogP contribution in [-0.4, -0.2) is 33.3 Å². The van der Waals surface area contributed by atoms with Gasteiger partial charge in [0.1, 0.15) is 5.75 Å². The van der Waals surface area contributed by atoms with Gasteiger partial charge in [0.15, 0.2) is 0 Å². The van der Waals surface area contributed by atoms with Crippen molar-refractivity contribution in [2.45, 2.75) is 18.3 Å². The second-order valence-electron chi connectivity index (χ2n) is 4.52. The molecule has 4 nitrogen and oxygen atoms in total. The first kappa shape index (κ1) is 12.9. The van der Waals surface area contributed by atoms with E-state index in [9.17, 15) is 4.79 Å². The summed E-state index contributed by atoms with van der Waals surface area (Å²) >= 11 is 0. The molecule has 1 aliphatic heterocycles. The second kappa shape index (κ2) is 5.40. The van der Waals surface area contributed by atoms with Crippen molar-refractivity contribution in [3.05, 3.63) is 29.8 Å². The molecule has 1 heterocycles. The van der Waals surface area contributed by atoms with Crippen LogP contribution in [0.15, 0.2) is 24.3 Å². The summed E-state index contributed by atoms with van der Waals surface area (Å²) in [6.07, 6.45) is 1.47. The summed E-state index contributed by atoms with van der Waals surface area (Å²) in [5.41, 5.74) is 0.355. The Labute approximate surface area is 107 Å². The summed E-state index contributed by atoms with van der Waals surface area (Å²) in [5.74, 6) is 0.582. The van der Waals surface area contributed by atoms with Gasteiger partial charge in [-0.25, -0.2) is 0 Å². The van der Waals surface area contributed by atoms with Gasteiger partial charge in [-0.3, -0.25) is 4.79 Å². The van der Waals surface area contributed by atoms with E-state index in [0.29, 0.717) is 0 Å². The second-order valence-corrected chi connectivity index (χ2v) is 4.52. The van der Waals surface area contributed by atoms with Crippen LogP contribution < -0.4 is 10.1 Å². The number of methoxy groups -OCH3 is 2. The molecule has 0 spiro atoms. The molecule has 1 N–H and O–H groups in total. The van der Waals surface area contributed by atoms with Crippen LogP contribution in [0, 0.1) is 0 Å². The molecule has 0 unspecified atom stereocenters. The van der Waals surface area contributed by atoms with Crippen LogP contribution in [0.2, 0.25) is 0 Å². The van der Waals surface area contributed by atoms with Crippen LogP contribution in [0.4, 0.5) is 0 Å². The van der Waals surface area contributed by atoms with E-state index in [-0.39, 0.29) is 5.97 Å². The minimum absolute atomic E-state index is 0.173. The Morgan fingerprint density at radius 3 is 2.50 bits per heavy atom. The molecule has 0 aliphatic carbocycles. The van der Waals surface area contributed by atoms with E-state index in [2.05, 4.69) is 5.32 Å². The Kier molecular flexibility index (Phi) is 3.87. The summed E-state index contributed by atoms with van der Waals surface area (Å²) in [7, 11) is 3.08. The SMILES string of the molecule is COC(=O)C1(c2ccccc2OC)CCNCC1. The summed E-state index contributed by atoms with van der Waals surface area (Å²) in [4.78, 5) is 12.3. The zero-order chi connectivity index (χ0) is 13.0. The summed E-state index contributed by atoms with van der Waals surface area (Å²) < 4.78 is 10.4. The zero-order valence-corrected chi connectivity index (χ0v) is 10.9. The fraction of sp³-hybridized carbons (Fsp3) is 0.500. The maximum Gasteiger partial charge on any atom is 0.316 e. The molecular formula is C14H19NO3. The molecule has 0 aromatic heterocycles. The Balaban J connectivity index is 2.48. The minimum Gasteiger partial charge on any atom is -0.496 e. The van der Waals surface area contributed by atoms with E-state index in [1.54, 1.807) is 7.11 Å². The molecule has 0 atom stereocenters. The average Bonchev–Trinajstić information content (AvgIpc) is 2.47. The number of carbonyl (C=O) groups excluding carboxylic acids is 1. The number of ether oxygens (including phenoxy) is 2. The monoisotopic (exact) mass is 249 g/mol. The van der Waals surface area contributed by atoms with Gasteiger partial charge in [-0.15, -0.1) is 0 Å². The van der Waals surface area contributed by atoms with Gasteiger partial charge in [-0.05, 0) is 32.0 Å². The summed E-state index contributed by atoms with van der Waals surface area (Å²) in [6, 6.07) is 7.70. The minimum atomic E-state index is -0.577. The van der Waals surface area contributed by atoms with Gasteiger partial charge >= 0.3 is 5.97 Å². The molecular weight excluding hydrogens is 230 g/mol. The number of hydrogen-bond acceptors (Lipinski definition) is 4. The van der Waals surface area contributed by atoms with Gasteiger partial charge in [-0.2, -0.15) is 0 Å². The van der Waals surface area contributed by atoms with Crippen LogP contribution in [0.25, 0.3) is 0 Å². The smallest absolute Gasteiger partial charge is 0.316 e. The van der Waals surface area contributed by atoms with Crippen LogP contribution in [0.3, 0.4) is 0 Å². The summed E-state index contributed by atoms with van der Waals surface area (Å²) in [5, 5.41) is 3.28. The largest absolute Gasteiger partial charge is 0.496 e. The topological polar surface area (TPSA) is 47.6 Å². The Bertz CT molecular complexity index is 425. The Hall–Kier alpha value is -1.55. The van der Waals surface area contributed by atoms with Gasteiger partial charge in [0, 0.05) is 5.56 Å². The molecule has 18 heavy (non-hydrogen) atoms. The number of para-hydroxylation sites is 1. The highest BCUT2D eigenvalue weighted by Crippen LogP contribution is 2.39. The molecule has 98 valence electrons. The van der Waals surface area contributed by atoms with Crippen LogP contribution in [0.1, 0.15) is 18.4 Å². The van der Waals surface area contributed by atoms with Crippen molar-refractivity contribution in [3.63, 3.8) is 0 Å². The number of benzene rings is 1. The van der Waals surface area contributed by atoms with Crippen LogP contribution >= 0.6 is 0 Å². The van der Waals surface area contributed by atoms with Crippen molar-refractivity contribution in [1.29, 1.82) is 0 Å². The fourth-order valence-electron chi connectivity index (χ4n) is 2.67. The quantitative estimate of drug-likeness (QED) is 0.824. The van der Waals surface area contributed by atoms with Crippen molar-refractivity contribution in [3.8, 4) is 5.75 Å². The van der Waals surface area contributed by atoms with E-state index >= 15 is 0 Å². The van der Waals surface area contributed by atoms with Gasteiger partial charge in [0.05, 0.1) is 19.6 Å². The number of nitrogens with one attached hydrogen (secondary N) is 1. The van der Waals surface area contributed by atoms with Crippen molar-refractivity contribution in [2.24, 2.45) is 0 Å². The number of esters is 1. The van der Waals surface area contributed by atoms with Gasteiger partial charge in [-0.1, -0.05) is 18.2 Å². The van der Waals surface area contributed by atoms with Crippen molar-refractivity contribution >= 4 is 5.97 Å². The molecule has 0 bridgehead atoms. The van der Waals surface area contributed by atoms with E-state index in [1.165, 1.54) is 7.11 Å². The third-order valence-electron chi connectivity index (χ3n) is 3.66. The van der Waals surface area contributed by atoms with Gasteiger partial charge in [0.2, 0.25) is 0 Å². The van der Waals surface area contributed by atoms with Gasteiger partial charge in [0.25, 0.3) is 0 Å². The third-order valence-corrected chi connectivity index (χ3v) is 3.66. The average molecular weight is 249 g/mol. The highest BCUT2D eigenvalue weighted by Gasteiger charge is 2.44. The fourth-order valence-corrected chi connectivity index (χ4v) is 2.67. The lowest BCUT2D eigenvalue weighted by Gasteiger charge is -2.36. The molecule has 1 fully saturated rings. The molecule has 2 rings (SSSR count). The van der Waals surface area contributed by atoms with Crippen molar-refractivity contribution in [1.82, 2.24) is 5.32 Å². The van der Waals surface area contributed by atoms with E-state index in [0.717, 1.165) is 37.2 Å². The molecule has 0 radical (unpaired) electrons. The maximum atomic E-state index is 12.3. The predicted octanol–water partition coefficient (Wildman–Crippen LogP) is 1.49. The lowest BCUT2D eigenvalue weighted by molar-refractivity contribution is -0.148. The molecule has 0 saturated carbocycles. The molecule has 1 aromatic carbocycles. The first-order chi connectivity index (χ1) is 8.74. The number of piperidine rings is 1. The number of hydrogen-bond donors (Lipinski definition) is 1. The number of rotatable bonds is 3. The first-order valence-corrected chi connectivity index (χ1v) is 6.17. The predicted molar refractivity (Wildman–Crippen MR) is 68.8 cm³/mol. The molecule has 1 aliphatic rings. The maximum absolute atomic E-state index is 12.3. The molecule has 4 heteroatoms. The van der Waals surface area contributed by atoms with Crippen LogP contribution in [-0.2, 0) is 14.9 Å².